The molecule has 3 heterocycles. The molecule has 6 aromatic rings. The van der Waals surface area contributed by atoms with Crippen LogP contribution in [0, 0.1) is 0 Å². The number of benzene rings is 6. The predicted octanol–water partition coefficient (Wildman–Crippen LogP) is 8.09. The van der Waals surface area contributed by atoms with Crippen LogP contribution < -0.4 is 0 Å². The molecule has 0 N–H and O–H groups in total. The SMILES string of the molecule is O=C(OC[C@H]1O[C@H](Br)[C@H](OC(=O)c2ccccc2)[C@@H](OC(=O)c2ccccc2)[C@@H]1O[C@@H]1O[C@@H]2COC(c3ccccc3)O[C@@H]2[C@H](OC(=O)c2ccccc2)[C@H]1OC(=O)c1ccccc1)c1ccccc1. The third-order valence-electron chi connectivity index (χ3n) is 11.6. The van der Waals surface area contributed by atoms with Crippen molar-refractivity contribution < 1.29 is 71.3 Å². The van der Waals surface area contributed by atoms with E-state index in [0.29, 0.717) is 5.56 Å². The Morgan fingerprint density at radius 1 is 0.443 bits per heavy atom. The number of esters is 5. The fourth-order valence-corrected chi connectivity index (χ4v) is 8.84. The van der Waals surface area contributed by atoms with Gasteiger partial charge < -0.3 is 47.4 Å². The first kappa shape index (κ1) is 48.0. The molecule has 1 unspecified atom stereocenters. The summed E-state index contributed by atoms with van der Waals surface area (Å²) >= 11 is 3.51. The highest BCUT2D eigenvalue weighted by atomic mass is 79.9. The van der Waals surface area contributed by atoms with E-state index in [4.69, 9.17) is 47.4 Å². The zero-order chi connectivity index (χ0) is 48.4. The Morgan fingerprint density at radius 3 is 1.31 bits per heavy atom. The van der Waals surface area contributed by atoms with Crippen molar-refractivity contribution in [3.8, 4) is 0 Å². The normalized spacial score (nSPS) is 26.0. The van der Waals surface area contributed by atoms with E-state index in [9.17, 15) is 24.0 Å². The lowest BCUT2D eigenvalue weighted by molar-refractivity contribution is -0.375. The number of alkyl halides is 1. The highest BCUT2D eigenvalue weighted by Crippen LogP contribution is 2.40. The number of carbonyl (C=O) groups excluding carboxylic acids is 5. The molecule has 0 bridgehead atoms. The molecule has 16 heteroatoms. The molecule has 70 heavy (non-hydrogen) atoms. The summed E-state index contributed by atoms with van der Waals surface area (Å²) in [6.45, 7) is -0.640. The van der Waals surface area contributed by atoms with Crippen LogP contribution in [0.15, 0.2) is 182 Å². The van der Waals surface area contributed by atoms with Gasteiger partial charge in [0.15, 0.2) is 42.0 Å². The summed E-state index contributed by atoms with van der Waals surface area (Å²) in [6, 6.07) is 49.8. The molecule has 9 rings (SSSR count). The first-order valence-electron chi connectivity index (χ1n) is 22.4. The van der Waals surface area contributed by atoms with Gasteiger partial charge in [-0.2, -0.15) is 0 Å². The maximum atomic E-state index is 14.2. The van der Waals surface area contributed by atoms with Crippen molar-refractivity contribution in [1.29, 1.82) is 0 Å². The van der Waals surface area contributed by atoms with Crippen molar-refractivity contribution >= 4 is 45.8 Å². The fraction of sp³-hybridized carbons (Fsp3) is 0.241. The van der Waals surface area contributed by atoms with Crippen LogP contribution in [0.4, 0.5) is 0 Å². The van der Waals surface area contributed by atoms with Gasteiger partial charge in [-0.25, -0.2) is 24.0 Å². The molecule has 0 radical (unpaired) electrons. The summed E-state index contributed by atoms with van der Waals surface area (Å²) in [5.41, 5.74) is 1.53. The third-order valence-corrected chi connectivity index (χ3v) is 12.4. The number of ether oxygens (including phenoxy) is 10. The van der Waals surface area contributed by atoms with Gasteiger partial charge in [0.25, 0.3) is 0 Å². The molecule has 15 nitrogen and oxygen atoms in total. The van der Waals surface area contributed by atoms with E-state index in [0.717, 1.165) is 0 Å². The van der Waals surface area contributed by atoms with Gasteiger partial charge in [0.1, 0.15) is 31.0 Å². The Balaban J connectivity index is 1.13. The maximum absolute atomic E-state index is 14.2. The molecular formula is C54H45BrO15. The molecule has 0 aromatic heterocycles. The summed E-state index contributed by atoms with van der Waals surface area (Å²) in [4.78, 5) is 69.9. The summed E-state index contributed by atoms with van der Waals surface area (Å²) in [7, 11) is 0. The molecule has 6 aromatic carbocycles. The Kier molecular flexibility index (Phi) is 15.5. The predicted molar refractivity (Wildman–Crippen MR) is 250 cm³/mol. The van der Waals surface area contributed by atoms with Crippen LogP contribution in [-0.4, -0.2) is 103 Å². The lowest BCUT2D eigenvalue weighted by atomic mass is 9.95. The monoisotopic (exact) mass is 1010 g/mol. The Morgan fingerprint density at radius 2 is 0.843 bits per heavy atom. The van der Waals surface area contributed by atoms with Crippen LogP contribution in [0.25, 0.3) is 0 Å². The third kappa shape index (κ3) is 11.3. The number of carbonyl (C=O) groups is 5. The quantitative estimate of drug-likeness (QED) is 0.0581. The van der Waals surface area contributed by atoms with Gasteiger partial charge in [0.05, 0.1) is 34.4 Å². The van der Waals surface area contributed by atoms with E-state index in [2.05, 4.69) is 15.9 Å². The van der Waals surface area contributed by atoms with Crippen molar-refractivity contribution in [2.75, 3.05) is 13.2 Å². The maximum Gasteiger partial charge on any atom is 0.338 e. The van der Waals surface area contributed by atoms with Gasteiger partial charge in [-0.05, 0) is 60.7 Å². The number of rotatable bonds is 14. The topological polar surface area (TPSA) is 178 Å². The van der Waals surface area contributed by atoms with Crippen LogP contribution in [0.1, 0.15) is 63.6 Å². The first-order valence-corrected chi connectivity index (χ1v) is 23.3. The fourth-order valence-electron chi connectivity index (χ4n) is 8.15. The molecule has 0 saturated carbocycles. The molecule has 0 spiro atoms. The first-order chi connectivity index (χ1) is 34.2. The summed E-state index contributed by atoms with van der Waals surface area (Å²) in [6.07, 6.45) is -13.9. The van der Waals surface area contributed by atoms with E-state index < -0.39 is 103 Å². The number of fused-ring (bicyclic) bond motifs is 1. The van der Waals surface area contributed by atoms with Gasteiger partial charge in [-0.1, -0.05) is 137 Å². The molecule has 11 atom stereocenters. The summed E-state index contributed by atoms with van der Waals surface area (Å²) in [5.74, 6) is -3.98. The standard InChI is InChI=1S/C54H45BrO15/c55-47-45(67-51(59)36-25-13-4-14-26-36)43(65-49(57)34-21-9-2-10-22-34)41(39(63-47)31-61-48(56)33-19-7-1-8-20-33)70-54-46(68-52(60)37-27-15-5-16-28-37)44(66-50(58)35-23-11-3-12-24-35)42-40(64-54)32-62-53(69-42)38-29-17-6-18-30-38/h1-30,39-47,53-54H,31-32H2/t39-,40-,41-,42+,43+,44+,45-,46-,47+,53?,54+/m1/s1. The molecule has 358 valence electrons. The second kappa shape index (κ2) is 22.6. The van der Waals surface area contributed by atoms with E-state index in [1.807, 2.05) is 18.2 Å². The van der Waals surface area contributed by atoms with E-state index in [1.165, 1.54) is 12.1 Å². The summed E-state index contributed by atoms with van der Waals surface area (Å²) in [5, 5.41) is -1.20. The Labute approximate surface area is 410 Å². The van der Waals surface area contributed by atoms with E-state index in [1.54, 1.807) is 152 Å². The van der Waals surface area contributed by atoms with Gasteiger partial charge in [0, 0.05) is 5.56 Å². The molecule has 3 aliphatic heterocycles. The minimum Gasteiger partial charge on any atom is -0.459 e. The van der Waals surface area contributed by atoms with Crippen LogP contribution in [0.5, 0.6) is 0 Å². The smallest absolute Gasteiger partial charge is 0.338 e. The lowest BCUT2D eigenvalue weighted by Crippen LogP contribution is -2.67. The average Bonchev–Trinajstić information content (AvgIpc) is 3.41. The van der Waals surface area contributed by atoms with Crippen molar-refractivity contribution in [3.63, 3.8) is 0 Å². The van der Waals surface area contributed by atoms with Gasteiger partial charge in [-0.3, -0.25) is 0 Å². The van der Waals surface area contributed by atoms with Crippen LogP contribution in [0.3, 0.4) is 0 Å². The van der Waals surface area contributed by atoms with Gasteiger partial charge in [-0.15, -0.1) is 0 Å². The minimum atomic E-state index is -1.71. The van der Waals surface area contributed by atoms with E-state index >= 15 is 0 Å². The van der Waals surface area contributed by atoms with Crippen molar-refractivity contribution in [2.45, 2.75) is 66.4 Å². The van der Waals surface area contributed by atoms with Crippen molar-refractivity contribution in [3.05, 3.63) is 215 Å². The van der Waals surface area contributed by atoms with Crippen LogP contribution in [-0.2, 0) is 47.4 Å². The molecule has 3 saturated heterocycles. The molecule has 3 aliphatic rings. The van der Waals surface area contributed by atoms with Crippen molar-refractivity contribution in [1.82, 2.24) is 0 Å². The Hall–Kier alpha value is -7.05. The zero-order valence-electron chi connectivity index (χ0n) is 37.1. The molecular weight excluding hydrogens is 968 g/mol. The second-order valence-corrected chi connectivity index (χ2v) is 17.2. The summed E-state index contributed by atoms with van der Waals surface area (Å²) < 4.78 is 63.6. The molecule has 0 amide bonds. The number of hydrogen-bond donors (Lipinski definition) is 0. The Bertz CT molecular complexity index is 2700. The average molecular weight is 1010 g/mol. The minimum absolute atomic E-state index is 0.130. The van der Waals surface area contributed by atoms with Gasteiger partial charge >= 0.3 is 29.8 Å². The van der Waals surface area contributed by atoms with Crippen LogP contribution in [0.2, 0.25) is 0 Å². The lowest BCUT2D eigenvalue weighted by Gasteiger charge is -2.50. The highest BCUT2D eigenvalue weighted by Gasteiger charge is 2.58. The van der Waals surface area contributed by atoms with E-state index in [-0.39, 0.29) is 34.4 Å². The highest BCUT2D eigenvalue weighted by molar-refractivity contribution is 9.09. The molecule has 0 aliphatic carbocycles. The molecule has 3 fully saturated rings. The van der Waals surface area contributed by atoms with Crippen molar-refractivity contribution in [2.24, 2.45) is 0 Å². The largest absolute Gasteiger partial charge is 0.459 e. The zero-order valence-corrected chi connectivity index (χ0v) is 38.7. The van der Waals surface area contributed by atoms with Gasteiger partial charge in [0.2, 0.25) is 0 Å². The number of halogens is 1. The number of hydrogen-bond acceptors (Lipinski definition) is 15. The van der Waals surface area contributed by atoms with Crippen LogP contribution >= 0.6 is 15.9 Å². The second-order valence-electron chi connectivity index (χ2n) is 16.3.